The quantitative estimate of drug-likeness (QED) is 0.860. The maximum absolute atomic E-state index is 13.9. The molecule has 0 atom stereocenters. The first-order valence-electron chi connectivity index (χ1n) is 5.81. The number of hydroxylamine groups is 1. The summed E-state index contributed by atoms with van der Waals surface area (Å²) in [5, 5.41) is 0. The van der Waals surface area contributed by atoms with Gasteiger partial charge in [-0.05, 0) is 30.2 Å². The van der Waals surface area contributed by atoms with Crippen LogP contribution in [0.3, 0.4) is 0 Å². The van der Waals surface area contributed by atoms with Gasteiger partial charge in [0, 0.05) is 0 Å². The highest BCUT2D eigenvalue weighted by atomic mass is 19.1. The summed E-state index contributed by atoms with van der Waals surface area (Å²) in [7, 11) is 1.30. The van der Waals surface area contributed by atoms with Crippen molar-refractivity contribution in [2.24, 2.45) is 0 Å². The molecule has 0 aliphatic rings. The number of rotatable bonds is 3. The molecule has 0 fully saturated rings. The lowest BCUT2D eigenvalue weighted by Gasteiger charge is -2.06. The minimum Gasteiger partial charge on any atom is -0.277 e. The van der Waals surface area contributed by atoms with Crippen LogP contribution in [0, 0.1) is 12.7 Å². The van der Waals surface area contributed by atoms with E-state index in [2.05, 4.69) is 10.3 Å². The minimum absolute atomic E-state index is 0.0438. The molecule has 0 unspecified atom stereocenters. The monoisotopic (exact) mass is 259 g/mol. The second-order valence-corrected chi connectivity index (χ2v) is 4.20. The Morgan fingerprint density at radius 3 is 2.32 bits per heavy atom. The van der Waals surface area contributed by atoms with E-state index in [0.29, 0.717) is 0 Å². The van der Waals surface area contributed by atoms with E-state index in [1.54, 1.807) is 6.07 Å². The zero-order chi connectivity index (χ0) is 13.8. The van der Waals surface area contributed by atoms with Gasteiger partial charge in [0.2, 0.25) is 0 Å². The Morgan fingerprint density at radius 1 is 1.11 bits per heavy atom. The first kappa shape index (κ1) is 13.2. The van der Waals surface area contributed by atoms with Crippen molar-refractivity contribution in [2.45, 2.75) is 6.92 Å². The molecule has 0 saturated heterocycles. The van der Waals surface area contributed by atoms with Crippen LogP contribution in [0.2, 0.25) is 0 Å². The average Bonchev–Trinajstić information content (AvgIpc) is 2.39. The summed E-state index contributed by atoms with van der Waals surface area (Å²) in [6, 6.07) is 12.2. The zero-order valence-electron chi connectivity index (χ0n) is 10.7. The SMILES string of the molecule is CONC(=O)c1ccc(-c2ccc(C)cc2)cc1F. The van der Waals surface area contributed by atoms with E-state index in [9.17, 15) is 9.18 Å². The number of benzene rings is 2. The van der Waals surface area contributed by atoms with Crippen molar-refractivity contribution in [1.82, 2.24) is 5.48 Å². The van der Waals surface area contributed by atoms with Crippen molar-refractivity contribution in [1.29, 1.82) is 0 Å². The second kappa shape index (κ2) is 5.63. The van der Waals surface area contributed by atoms with Gasteiger partial charge in [0.05, 0.1) is 12.7 Å². The van der Waals surface area contributed by atoms with Crippen molar-refractivity contribution in [3.8, 4) is 11.1 Å². The van der Waals surface area contributed by atoms with Crippen LogP contribution in [0.25, 0.3) is 11.1 Å². The number of carbonyl (C=O) groups excluding carboxylic acids is 1. The predicted molar refractivity (Wildman–Crippen MR) is 71.0 cm³/mol. The Labute approximate surface area is 111 Å². The lowest BCUT2D eigenvalue weighted by atomic mass is 10.0. The van der Waals surface area contributed by atoms with Crippen LogP contribution < -0.4 is 5.48 Å². The van der Waals surface area contributed by atoms with Crippen LogP contribution in [0.5, 0.6) is 0 Å². The average molecular weight is 259 g/mol. The molecule has 0 heterocycles. The normalized spacial score (nSPS) is 10.3. The van der Waals surface area contributed by atoms with E-state index in [1.165, 1.54) is 19.2 Å². The Balaban J connectivity index is 2.33. The van der Waals surface area contributed by atoms with Crippen molar-refractivity contribution in [2.75, 3.05) is 7.11 Å². The summed E-state index contributed by atoms with van der Waals surface area (Å²) >= 11 is 0. The lowest BCUT2D eigenvalue weighted by Crippen LogP contribution is -2.22. The molecule has 2 rings (SSSR count). The number of halogens is 1. The van der Waals surface area contributed by atoms with E-state index in [0.717, 1.165) is 16.7 Å². The van der Waals surface area contributed by atoms with Gasteiger partial charge in [-0.2, -0.15) is 0 Å². The van der Waals surface area contributed by atoms with Crippen LogP contribution in [0.15, 0.2) is 42.5 Å². The molecule has 0 aliphatic carbocycles. The Hall–Kier alpha value is -2.20. The van der Waals surface area contributed by atoms with E-state index >= 15 is 0 Å². The molecule has 0 radical (unpaired) electrons. The summed E-state index contributed by atoms with van der Waals surface area (Å²) < 4.78 is 13.9. The van der Waals surface area contributed by atoms with Crippen molar-refractivity contribution in [3.63, 3.8) is 0 Å². The van der Waals surface area contributed by atoms with Crippen LogP contribution in [0.1, 0.15) is 15.9 Å². The summed E-state index contributed by atoms with van der Waals surface area (Å²) in [5.74, 6) is -1.18. The van der Waals surface area contributed by atoms with Crippen molar-refractivity contribution >= 4 is 5.91 Å². The fourth-order valence-electron chi connectivity index (χ4n) is 1.77. The summed E-state index contributed by atoms with van der Waals surface area (Å²) in [5.41, 5.74) is 4.82. The molecular weight excluding hydrogens is 245 g/mol. The van der Waals surface area contributed by atoms with E-state index in [-0.39, 0.29) is 5.56 Å². The fraction of sp³-hybridized carbons (Fsp3) is 0.133. The molecule has 3 nitrogen and oxygen atoms in total. The number of nitrogens with one attached hydrogen (secondary N) is 1. The van der Waals surface area contributed by atoms with E-state index in [4.69, 9.17) is 0 Å². The van der Waals surface area contributed by atoms with Gasteiger partial charge < -0.3 is 0 Å². The standard InChI is InChI=1S/C15H14FNO2/c1-10-3-5-11(6-4-10)12-7-8-13(14(16)9-12)15(18)17-19-2/h3-9H,1-2H3,(H,17,18). The van der Waals surface area contributed by atoms with Gasteiger partial charge in [0.15, 0.2) is 0 Å². The molecule has 0 aromatic heterocycles. The third-order valence-electron chi connectivity index (χ3n) is 2.79. The number of hydrogen-bond donors (Lipinski definition) is 1. The van der Waals surface area contributed by atoms with Gasteiger partial charge >= 0.3 is 0 Å². The Bertz CT molecular complexity index is 594. The van der Waals surface area contributed by atoms with Crippen LogP contribution in [-0.2, 0) is 4.84 Å². The number of carbonyl (C=O) groups is 1. The van der Waals surface area contributed by atoms with Gasteiger partial charge in [-0.15, -0.1) is 0 Å². The lowest BCUT2D eigenvalue weighted by molar-refractivity contribution is 0.0533. The highest BCUT2D eigenvalue weighted by Crippen LogP contribution is 2.22. The largest absolute Gasteiger partial charge is 0.277 e. The minimum atomic E-state index is -0.601. The maximum atomic E-state index is 13.9. The van der Waals surface area contributed by atoms with E-state index < -0.39 is 11.7 Å². The molecule has 1 amide bonds. The third kappa shape index (κ3) is 2.98. The fourth-order valence-corrected chi connectivity index (χ4v) is 1.77. The third-order valence-corrected chi connectivity index (χ3v) is 2.79. The van der Waals surface area contributed by atoms with Crippen LogP contribution >= 0.6 is 0 Å². The van der Waals surface area contributed by atoms with E-state index in [1.807, 2.05) is 31.2 Å². The van der Waals surface area contributed by atoms with Gasteiger partial charge in [-0.25, -0.2) is 9.87 Å². The highest BCUT2D eigenvalue weighted by molar-refractivity contribution is 5.94. The topological polar surface area (TPSA) is 38.3 Å². The molecule has 4 heteroatoms. The molecule has 0 aliphatic heterocycles. The van der Waals surface area contributed by atoms with Gasteiger partial charge in [0.1, 0.15) is 5.82 Å². The molecule has 2 aromatic carbocycles. The first-order valence-corrected chi connectivity index (χ1v) is 5.81. The number of amides is 1. The molecule has 2 aromatic rings. The van der Waals surface area contributed by atoms with Crippen molar-refractivity contribution < 1.29 is 14.0 Å². The molecule has 0 spiro atoms. The molecule has 0 saturated carbocycles. The number of hydrogen-bond acceptors (Lipinski definition) is 2. The summed E-state index contributed by atoms with van der Waals surface area (Å²) in [4.78, 5) is 16.0. The maximum Gasteiger partial charge on any atom is 0.277 e. The predicted octanol–water partition coefficient (Wildman–Crippen LogP) is 3.09. The molecule has 1 N–H and O–H groups in total. The van der Waals surface area contributed by atoms with Gasteiger partial charge in [0.25, 0.3) is 5.91 Å². The van der Waals surface area contributed by atoms with Gasteiger partial charge in [-0.3, -0.25) is 9.63 Å². The van der Waals surface area contributed by atoms with Crippen molar-refractivity contribution in [3.05, 3.63) is 59.4 Å². The first-order chi connectivity index (χ1) is 9.11. The Kier molecular flexibility index (Phi) is 3.92. The van der Waals surface area contributed by atoms with Crippen LogP contribution in [0.4, 0.5) is 4.39 Å². The van der Waals surface area contributed by atoms with Gasteiger partial charge in [-0.1, -0.05) is 35.9 Å². The Morgan fingerprint density at radius 2 is 1.74 bits per heavy atom. The number of aryl methyl sites for hydroxylation is 1. The smallest absolute Gasteiger partial charge is 0.277 e. The molecular formula is C15H14FNO2. The molecule has 0 bridgehead atoms. The highest BCUT2D eigenvalue weighted by Gasteiger charge is 2.12. The summed E-state index contributed by atoms with van der Waals surface area (Å²) in [6.07, 6.45) is 0. The zero-order valence-corrected chi connectivity index (χ0v) is 10.7. The molecule has 98 valence electrons. The molecule has 19 heavy (non-hydrogen) atoms. The summed E-state index contributed by atoms with van der Waals surface area (Å²) in [6.45, 7) is 1.99. The van der Waals surface area contributed by atoms with Crippen LogP contribution in [-0.4, -0.2) is 13.0 Å². The second-order valence-electron chi connectivity index (χ2n) is 4.20.